The molecule has 0 aromatic heterocycles. The third-order valence-corrected chi connectivity index (χ3v) is 9.73. The Hall–Kier alpha value is -2.22. The number of rotatable bonds is 4. The number of hydrogen-bond acceptors (Lipinski definition) is 7. The fraction of sp³-hybridized carbons (Fsp3) is 0.688. The van der Waals surface area contributed by atoms with E-state index in [1.165, 1.54) is 0 Å². The van der Waals surface area contributed by atoms with Crippen LogP contribution in [0.1, 0.15) is 61.8 Å². The average Bonchev–Trinajstić information content (AvgIpc) is 3.36. The van der Waals surface area contributed by atoms with Crippen molar-refractivity contribution < 1.29 is 28.9 Å². The van der Waals surface area contributed by atoms with Gasteiger partial charge in [0, 0.05) is 20.0 Å². The zero-order valence-corrected chi connectivity index (χ0v) is 25.3. The predicted molar refractivity (Wildman–Crippen MR) is 150 cm³/mol. The largest absolute Gasteiger partial charge is 0.451 e. The Morgan fingerprint density at radius 2 is 1.87 bits per heavy atom. The summed E-state index contributed by atoms with van der Waals surface area (Å²) in [6.45, 7) is 20.1. The molecule has 0 aromatic rings. The Morgan fingerprint density at radius 1 is 1.23 bits per heavy atom. The van der Waals surface area contributed by atoms with E-state index in [1.807, 2.05) is 47.0 Å². The number of carbonyl (C=O) groups is 2. The van der Waals surface area contributed by atoms with Crippen molar-refractivity contribution in [3.05, 3.63) is 47.7 Å². The molecule has 7 nitrogen and oxygen atoms in total. The van der Waals surface area contributed by atoms with Crippen LogP contribution in [0.5, 0.6) is 0 Å². The molecule has 39 heavy (non-hydrogen) atoms. The molecule has 1 heterocycles. The maximum absolute atomic E-state index is 14.7. The van der Waals surface area contributed by atoms with Crippen molar-refractivity contribution in [2.75, 3.05) is 20.7 Å². The molecule has 1 spiro atoms. The average molecular weight is 542 g/mol. The number of ketones is 1. The first-order valence-electron chi connectivity index (χ1n) is 14.3. The lowest BCUT2D eigenvalue weighted by atomic mass is 9.59. The SMILES string of the molecule is C=C(/C=C\N(C)C)C(=O)OC1C(C)=CC23C(=O)C(C=C4COC(C)(C)OC4C12O)[C@H]1C(C[C@H]3C)C1(C)C.CC. The minimum Gasteiger partial charge on any atom is -0.451 e. The van der Waals surface area contributed by atoms with Crippen molar-refractivity contribution in [2.24, 2.45) is 34.5 Å². The second-order valence-electron chi connectivity index (χ2n) is 13.1. The van der Waals surface area contributed by atoms with Crippen LogP contribution < -0.4 is 0 Å². The van der Waals surface area contributed by atoms with Gasteiger partial charge in [0.05, 0.1) is 17.6 Å². The minimum absolute atomic E-state index is 0.00638. The van der Waals surface area contributed by atoms with E-state index in [2.05, 4.69) is 27.4 Å². The predicted octanol–water partition coefficient (Wildman–Crippen LogP) is 4.82. The minimum atomic E-state index is -1.82. The lowest BCUT2D eigenvalue weighted by Gasteiger charge is -2.52. The van der Waals surface area contributed by atoms with Crippen LogP contribution >= 0.6 is 0 Å². The van der Waals surface area contributed by atoms with Gasteiger partial charge in [-0.25, -0.2) is 4.79 Å². The second kappa shape index (κ2) is 9.71. The summed E-state index contributed by atoms with van der Waals surface area (Å²) in [7, 11) is 3.69. The van der Waals surface area contributed by atoms with Crippen LogP contribution in [0, 0.1) is 34.5 Å². The second-order valence-corrected chi connectivity index (χ2v) is 13.1. The fourth-order valence-electron chi connectivity index (χ4n) is 7.79. The Kier molecular flexibility index (Phi) is 7.40. The van der Waals surface area contributed by atoms with E-state index in [9.17, 15) is 14.7 Å². The van der Waals surface area contributed by atoms with Crippen molar-refractivity contribution in [1.82, 2.24) is 4.90 Å². The highest BCUT2D eigenvalue weighted by Crippen LogP contribution is 2.72. The van der Waals surface area contributed by atoms with E-state index < -0.39 is 35.0 Å². The topological polar surface area (TPSA) is 85.3 Å². The van der Waals surface area contributed by atoms with E-state index >= 15 is 0 Å². The molecular formula is C32H47NO6. The van der Waals surface area contributed by atoms with Crippen LogP contribution in [-0.4, -0.2) is 66.1 Å². The Labute approximate surface area is 233 Å². The lowest BCUT2D eigenvalue weighted by Crippen LogP contribution is -2.68. The molecule has 0 aromatic carbocycles. The first kappa shape index (κ1) is 29.8. The van der Waals surface area contributed by atoms with Gasteiger partial charge in [0.2, 0.25) is 0 Å². The van der Waals surface area contributed by atoms with Crippen LogP contribution in [0.25, 0.3) is 0 Å². The Balaban J connectivity index is 0.00000172. The summed E-state index contributed by atoms with van der Waals surface area (Å²) in [5.41, 5.74) is -1.48. The number of fused-ring (bicyclic) bond motifs is 5. The van der Waals surface area contributed by atoms with Crippen molar-refractivity contribution in [3.63, 3.8) is 0 Å². The molecular weight excluding hydrogens is 494 g/mol. The summed E-state index contributed by atoms with van der Waals surface area (Å²) < 4.78 is 18.5. The van der Waals surface area contributed by atoms with E-state index in [4.69, 9.17) is 14.2 Å². The lowest BCUT2D eigenvalue weighted by molar-refractivity contribution is -0.303. The molecule has 0 amide bonds. The number of nitrogens with zero attached hydrogens (tertiary/aromatic N) is 1. The van der Waals surface area contributed by atoms with Gasteiger partial charge in [0.25, 0.3) is 0 Å². The summed E-state index contributed by atoms with van der Waals surface area (Å²) in [4.78, 5) is 29.7. The number of hydrogen-bond donors (Lipinski definition) is 1. The number of aliphatic hydroxyl groups is 1. The van der Waals surface area contributed by atoms with Crippen molar-refractivity contribution >= 4 is 11.8 Å². The molecule has 216 valence electrons. The smallest absolute Gasteiger partial charge is 0.338 e. The first-order valence-corrected chi connectivity index (χ1v) is 14.3. The molecule has 0 radical (unpaired) electrons. The summed E-state index contributed by atoms with van der Waals surface area (Å²) in [6.07, 6.45) is 6.05. The molecule has 8 atom stereocenters. The quantitative estimate of drug-likeness (QED) is 0.236. The van der Waals surface area contributed by atoms with Crippen LogP contribution in [0.4, 0.5) is 0 Å². The molecule has 2 bridgehead atoms. The monoisotopic (exact) mass is 541 g/mol. The van der Waals surface area contributed by atoms with Gasteiger partial charge >= 0.3 is 5.97 Å². The molecule has 7 heteroatoms. The molecule has 4 aliphatic carbocycles. The van der Waals surface area contributed by atoms with E-state index in [1.54, 1.807) is 31.0 Å². The highest BCUT2D eigenvalue weighted by Gasteiger charge is 2.77. The Morgan fingerprint density at radius 3 is 2.49 bits per heavy atom. The Bertz CT molecular complexity index is 1150. The fourth-order valence-corrected chi connectivity index (χ4v) is 7.79. The normalized spacial score (nSPS) is 40.8. The van der Waals surface area contributed by atoms with Gasteiger partial charge in [-0.2, -0.15) is 0 Å². The van der Waals surface area contributed by atoms with E-state index in [0.717, 1.165) is 12.0 Å². The number of allylic oxidation sites excluding steroid dienone is 1. The van der Waals surface area contributed by atoms with Crippen molar-refractivity contribution in [3.8, 4) is 0 Å². The summed E-state index contributed by atoms with van der Waals surface area (Å²) in [5.74, 6) is -1.60. The van der Waals surface area contributed by atoms with Crippen LogP contribution in [-0.2, 0) is 23.8 Å². The van der Waals surface area contributed by atoms with Gasteiger partial charge in [-0.15, -0.1) is 0 Å². The molecule has 2 saturated carbocycles. The van der Waals surface area contributed by atoms with E-state index in [0.29, 0.717) is 11.5 Å². The third-order valence-electron chi connectivity index (χ3n) is 9.73. The number of carbonyl (C=O) groups excluding carboxylic acids is 2. The summed E-state index contributed by atoms with van der Waals surface area (Å²) in [5, 5.41) is 13.0. The number of esters is 1. The van der Waals surface area contributed by atoms with Gasteiger partial charge in [0.15, 0.2) is 23.3 Å². The summed E-state index contributed by atoms with van der Waals surface area (Å²) >= 11 is 0. The molecule has 3 fully saturated rings. The molecule has 1 saturated heterocycles. The number of ether oxygens (including phenoxy) is 3. The van der Waals surface area contributed by atoms with Gasteiger partial charge in [-0.3, -0.25) is 4.79 Å². The van der Waals surface area contributed by atoms with Crippen LogP contribution in [0.2, 0.25) is 0 Å². The van der Waals surface area contributed by atoms with Crippen molar-refractivity contribution in [1.29, 1.82) is 0 Å². The maximum Gasteiger partial charge on any atom is 0.338 e. The van der Waals surface area contributed by atoms with Gasteiger partial charge in [-0.1, -0.05) is 53.3 Å². The molecule has 6 unspecified atom stereocenters. The zero-order valence-electron chi connectivity index (χ0n) is 25.3. The maximum atomic E-state index is 14.7. The van der Waals surface area contributed by atoms with E-state index in [-0.39, 0.29) is 41.1 Å². The van der Waals surface area contributed by atoms with Gasteiger partial charge < -0.3 is 24.2 Å². The summed E-state index contributed by atoms with van der Waals surface area (Å²) in [6, 6.07) is 0. The first-order chi connectivity index (χ1) is 18.1. The van der Waals surface area contributed by atoms with Crippen LogP contribution in [0.15, 0.2) is 47.7 Å². The van der Waals surface area contributed by atoms with Crippen molar-refractivity contribution in [2.45, 2.75) is 85.4 Å². The molecule has 5 aliphatic rings. The highest BCUT2D eigenvalue weighted by molar-refractivity contribution is 5.96. The molecule has 5 rings (SSSR count). The zero-order chi connectivity index (χ0) is 29.3. The number of Topliss-reactive ketones (excluding diaryl/α,β-unsaturated/α-hetero) is 1. The van der Waals surface area contributed by atoms with Crippen LogP contribution in [0.3, 0.4) is 0 Å². The molecule has 1 aliphatic heterocycles. The molecule has 1 N–H and O–H groups in total. The van der Waals surface area contributed by atoms with Gasteiger partial charge in [-0.05, 0) is 73.8 Å². The highest BCUT2D eigenvalue weighted by atomic mass is 16.7. The standard InChI is InChI=1S/C30H41NO6.C2H6/c1-16(10-11-31(8)9)26(33)36-24-17(2)14-29-18(3)12-21-22(27(21,4)5)20(23(29)32)13-19-15-35-28(6,7)37-25(19)30(24,29)34;1-2/h10-11,13-14,18,20-22,24-25,34H,1,12,15H2,2-9H3;1-2H3/b11-10-;/t18-,20?,21?,22+,24?,25?,29?,30?;/m1./s1. The third kappa shape index (κ3) is 4.27. The van der Waals surface area contributed by atoms with Gasteiger partial charge in [0.1, 0.15) is 6.10 Å².